The van der Waals surface area contributed by atoms with Crippen molar-refractivity contribution in [1.82, 2.24) is 4.98 Å². The molecule has 0 saturated heterocycles. The number of hydrogen-bond acceptors (Lipinski definition) is 6. The van der Waals surface area contributed by atoms with Gasteiger partial charge in [0.05, 0.1) is 17.7 Å². The third-order valence-corrected chi connectivity index (χ3v) is 4.39. The lowest BCUT2D eigenvalue weighted by molar-refractivity contribution is 0.0476. The minimum atomic E-state index is -0.567. The molecule has 0 aromatic carbocycles. The molecule has 0 amide bonds. The van der Waals surface area contributed by atoms with E-state index in [9.17, 15) is 14.4 Å². The Kier molecular flexibility index (Phi) is 5.56. The monoisotopic (exact) mass is 349 g/mol. The van der Waals surface area contributed by atoms with Gasteiger partial charge >= 0.3 is 11.9 Å². The molecule has 6 nitrogen and oxygen atoms in total. The average Bonchev–Trinajstić information content (AvgIpc) is 3.07. The normalized spacial score (nSPS) is 10.5. The predicted molar refractivity (Wildman–Crippen MR) is 89.9 cm³/mol. The summed E-state index contributed by atoms with van der Waals surface area (Å²) in [5.74, 6) is -1.56. The van der Waals surface area contributed by atoms with Crippen LogP contribution in [-0.2, 0) is 9.47 Å². The van der Waals surface area contributed by atoms with E-state index >= 15 is 0 Å². The minimum Gasteiger partial charge on any atom is -0.462 e. The maximum absolute atomic E-state index is 12.4. The van der Waals surface area contributed by atoms with E-state index in [1.54, 1.807) is 26.8 Å². The SMILES string of the molecule is CCOC(=O)c1c(C)[nH]c(C)c1C(=O)COC(=O)c1ccc(C)s1. The Balaban J connectivity index is 2.15. The van der Waals surface area contributed by atoms with Crippen LogP contribution < -0.4 is 0 Å². The number of aromatic amines is 1. The number of ketones is 1. The number of ether oxygens (including phenoxy) is 2. The van der Waals surface area contributed by atoms with Crippen LogP contribution in [0.4, 0.5) is 0 Å². The number of hydrogen-bond donors (Lipinski definition) is 1. The highest BCUT2D eigenvalue weighted by Crippen LogP contribution is 2.21. The Hall–Kier alpha value is -2.41. The van der Waals surface area contributed by atoms with Crippen LogP contribution in [0.2, 0.25) is 0 Å². The van der Waals surface area contributed by atoms with Gasteiger partial charge in [0.1, 0.15) is 4.88 Å². The zero-order valence-corrected chi connectivity index (χ0v) is 14.8. The molecule has 2 rings (SSSR count). The summed E-state index contributed by atoms with van der Waals surface area (Å²) in [7, 11) is 0. The van der Waals surface area contributed by atoms with Crippen molar-refractivity contribution in [1.29, 1.82) is 0 Å². The smallest absolute Gasteiger partial charge is 0.348 e. The Morgan fingerprint density at radius 2 is 1.67 bits per heavy atom. The number of aromatic nitrogens is 1. The molecule has 0 spiro atoms. The van der Waals surface area contributed by atoms with Crippen LogP contribution >= 0.6 is 11.3 Å². The van der Waals surface area contributed by atoms with Gasteiger partial charge in [0.15, 0.2) is 6.61 Å². The second-order valence-electron chi connectivity index (χ2n) is 5.26. The van der Waals surface area contributed by atoms with Crippen LogP contribution in [0.1, 0.15) is 53.6 Å². The number of rotatable bonds is 6. The van der Waals surface area contributed by atoms with E-state index in [1.165, 1.54) is 11.3 Å². The van der Waals surface area contributed by atoms with Gasteiger partial charge < -0.3 is 14.5 Å². The Morgan fingerprint density at radius 1 is 1.00 bits per heavy atom. The quantitative estimate of drug-likeness (QED) is 0.639. The van der Waals surface area contributed by atoms with Crippen LogP contribution in [0.15, 0.2) is 12.1 Å². The highest BCUT2D eigenvalue weighted by Gasteiger charge is 2.26. The summed E-state index contributed by atoms with van der Waals surface area (Å²) in [5.41, 5.74) is 1.50. The molecule has 0 atom stereocenters. The third kappa shape index (κ3) is 3.73. The standard InChI is InChI=1S/C17H19NO5S/c1-5-22-17(21)15-11(4)18-10(3)14(15)12(19)8-23-16(20)13-7-6-9(2)24-13/h6-7,18H,5,8H2,1-4H3. The van der Waals surface area contributed by atoms with E-state index in [0.29, 0.717) is 16.3 Å². The van der Waals surface area contributed by atoms with Gasteiger partial charge in [-0.3, -0.25) is 4.79 Å². The molecule has 7 heteroatoms. The zero-order chi connectivity index (χ0) is 17.9. The van der Waals surface area contributed by atoms with Crippen LogP contribution in [0.25, 0.3) is 0 Å². The van der Waals surface area contributed by atoms with E-state index in [4.69, 9.17) is 9.47 Å². The second kappa shape index (κ2) is 7.44. The lowest BCUT2D eigenvalue weighted by Gasteiger charge is -2.06. The molecule has 0 radical (unpaired) electrons. The van der Waals surface area contributed by atoms with Gasteiger partial charge in [-0.25, -0.2) is 9.59 Å². The highest BCUT2D eigenvalue weighted by molar-refractivity contribution is 7.13. The van der Waals surface area contributed by atoms with Crippen molar-refractivity contribution < 1.29 is 23.9 Å². The van der Waals surface area contributed by atoms with Gasteiger partial charge in [-0.2, -0.15) is 0 Å². The molecule has 0 unspecified atom stereocenters. The van der Waals surface area contributed by atoms with Crippen LogP contribution in [0.3, 0.4) is 0 Å². The highest BCUT2D eigenvalue weighted by atomic mass is 32.1. The van der Waals surface area contributed by atoms with Crippen molar-refractivity contribution in [3.8, 4) is 0 Å². The fourth-order valence-electron chi connectivity index (χ4n) is 2.41. The van der Waals surface area contributed by atoms with E-state index in [1.807, 2.05) is 13.0 Å². The van der Waals surface area contributed by atoms with Crippen molar-refractivity contribution in [2.45, 2.75) is 27.7 Å². The molecule has 24 heavy (non-hydrogen) atoms. The Labute approximate surface area is 143 Å². The lowest BCUT2D eigenvalue weighted by Crippen LogP contribution is -2.17. The van der Waals surface area contributed by atoms with Crippen molar-refractivity contribution in [3.05, 3.63) is 44.4 Å². The molecule has 1 N–H and O–H groups in total. The van der Waals surface area contributed by atoms with E-state index < -0.39 is 24.3 Å². The van der Waals surface area contributed by atoms with Crippen molar-refractivity contribution in [2.75, 3.05) is 13.2 Å². The summed E-state index contributed by atoms with van der Waals surface area (Å²) in [6.07, 6.45) is 0. The molecule has 0 aliphatic heterocycles. The molecule has 2 aromatic rings. The summed E-state index contributed by atoms with van der Waals surface area (Å²) in [6.45, 7) is 6.73. The average molecular weight is 349 g/mol. The molecule has 0 bridgehead atoms. The Morgan fingerprint density at radius 3 is 2.25 bits per heavy atom. The van der Waals surface area contributed by atoms with Crippen LogP contribution in [0, 0.1) is 20.8 Å². The van der Waals surface area contributed by atoms with Gasteiger partial charge in [0.2, 0.25) is 5.78 Å². The fraction of sp³-hybridized carbons (Fsp3) is 0.353. The first kappa shape index (κ1) is 17.9. The largest absolute Gasteiger partial charge is 0.462 e. The molecule has 0 fully saturated rings. The lowest BCUT2D eigenvalue weighted by atomic mass is 10.1. The third-order valence-electron chi connectivity index (χ3n) is 3.41. The molecular formula is C17H19NO5S. The number of aryl methyl sites for hydroxylation is 3. The number of carbonyl (C=O) groups is 3. The zero-order valence-electron chi connectivity index (χ0n) is 14.0. The number of nitrogens with one attached hydrogen (secondary N) is 1. The summed E-state index contributed by atoms with van der Waals surface area (Å²) in [6, 6.07) is 3.46. The van der Waals surface area contributed by atoms with Crippen molar-refractivity contribution in [2.24, 2.45) is 0 Å². The van der Waals surface area contributed by atoms with Gasteiger partial charge in [-0.15, -0.1) is 11.3 Å². The maximum Gasteiger partial charge on any atom is 0.348 e. The maximum atomic E-state index is 12.4. The summed E-state index contributed by atoms with van der Waals surface area (Å²) in [4.78, 5) is 40.8. The van der Waals surface area contributed by atoms with Gasteiger partial charge in [0, 0.05) is 16.3 Å². The molecule has 0 saturated carbocycles. The molecule has 0 aliphatic rings. The molecule has 128 valence electrons. The first-order valence-electron chi connectivity index (χ1n) is 7.48. The topological polar surface area (TPSA) is 85.5 Å². The number of H-pyrrole nitrogens is 1. The first-order valence-corrected chi connectivity index (χ1v) is 8.29. The van der Waals surface area contributed by atoms with Gasteiger partial charge in [-0.05, 0) is 39.8 Å². The van der Waals surface area contributed by atoms with Crippen LogP contribution in [-0.4, -0.2) is 35.9 Å². The number of carbonyl (C=O) groups excluding carboxylic acids is 3. The molecule has 2 aromatic heterocycles. The number of Topliss-reactive ketones (excluding diaryl/α,β-unsaturated/α-hetero) is 1. The van der Waals surface area contributed by atoms with Gasteiger partial charge in [0.25, 0.3) is 0 Å². The molecule has 2 heterocycles. The van der Waals surface area contributed by atoms with Crippen LogP contribution in [0.5, 0.6) is 0 Å². The van der Waals surface area contributed by atoms with Crippen molar-refractivity contribution >= 4 is 29.1 Å². The Bertz CT molecular complexity index is 787. The number of esters is 2. The van der Waals surface area contributed by atoms with Crippen molar-refractivity contribution in [3.63, 3.8) is 0 Å². The van der Waals surface area contributed by atoms with Gasteiger partial charge in [-0.1, -0.05) is 0 Å². The first-order chi connectivity index (χ1) is 11.3. The number of thiophene rings is 1. The summed E-state index contributed by atoms with van der Waals surface area (Å²) >= 11 is 1.30. The van der Waals surface area contributed by atoms with E-state index in [-0.39, 0.29) is 17.7 Å². The minimum absolute atomic E-state index is 0.197. The molecule has 0 aliphatic carbocycles. The summed E-state index contributed by atoms with van der Waals surface area (Å²) in [5, 5.41) is 0. The van der Waals surface area contributed by atoms with E-state index in [2.05, 4.69) is 4.98 Å². The second-order valence-corrected chi connectivity index (χ2v) is 6.54. The molecular weight excluding hydrogens is 330 g/mol. The fourth-order valence-corrected chi connectivity index (χ4v) is 3.17. The van der Waals surface area contributed by atoms with E-state index in [0.717, 1.165) is 4.88 Å². The summed E-state index contributed by atoms with van der Waals surface area (Å²) < 4.78 is 10.1. The predicted octanol–water partition coefficient (Wildman–Crippen LogP) is 3.22.